The summed E-state index contributed by atoms with van der Waals surface area (Å²) in [6.07, 6.45) is 4.73. The molecular weight excluding hydrogens is 338 g/mol. The van der Waals surface area contributed by atoms with Gasteiger partial charge in [0, 0.05) is 12.3 Å². The molecule has 26 heavy (non-hydrogen) atoms. The van der Waals surface area contributed by atoms with Crippen molar-refractivity contribution in [2.75, 3.05) is 26.4 Å². The highest BCUT2D eigenvalue weighted by Gasteiger charge is 2.19. The van der Waals surface area contributed by atoms with Crippen molar-refractivity contribution in [2.24, 2.45) is 10.7 Å². The molecule has 2 aromatic rings. The van der Waals surface area contributed by atoms with Gasteiger partial charge in [-0.1, -0.05) is 6.07 Å². The number of aliphatic imine (C=N–C) groups is 1. The number of nitrogens with one attached hydrogen (secondary N) is 1. The smallest absolute Gasteiger partial charge is 0.260 e. The van der Waals surface area contributed by atoms with Crippen molar-refractivity contribution in [1.82, 2.24) is 9.61 Å². The molecule has 0 amide bonds. The van der Waals surface area contributed by atoms with Crippen molar-refractivity contribution in [3.63, 3.8) is 0 Å². The van der Waals surface area contributed by atoms with Gasteiger partial charge in [0.1, 0.15) is 19.0 Å². The second-order valence-electron chi connectivity index (χ2n) is 5.35. The number of ether oxygens (including phenoxy) is 2. The van der Waals surface area contributed by atoms with Crippen molar-refractivity contribution in [1.29, 1.82) is 5.41 Å². The number of hydrogen-bond acceptors (Lipinski definition) is 8. The number of allylic oxidation sites excluding steroid dienone is 2. The van der Waals surface area contributed by atoms with E-state index in [9.17, 15) is 0 Å². The minimum absolute atomic E-state index is 0.0663. The Kier molecular flexibility index (Phi) is 5.30. The summed E-state index contributed by atoms with van der Waals surface area (Å²) in [6, 6.07) is 5.50. The van der Waals surface area contributed by atoms with Crippen LogP contribution in [-0.2, 0) is 4.74 Å². The van der Waals surface area contributed by atoms with Crippen LogP contribution in [-0.4, -0.2) is 57.7 Å². The summed E-state index contributed by atoms with van der Waals surface area (Å²) >= 11 is 0. The average Bonchev–Trinajstić information content (AvgIpc) is 2.98. The number of rotatable bonds is 7. The van der Waals surface area contributed by atoms with Gasteiger partial charge in [-0.05, 0) is 18.2 Å². The number of nitrogens with zero attached hydrogens (tertiary/aromatic N) is 3. The van der Waals surface area contributed by atoms with E-state index in [0.29, 0.717) is 22.6 Å². The summed E-state index contributed by atoms with van der Waals surface area (Å²) in [7, 11) is 0. The largest absolute Gasteiger partial charge is 0.489 e. The van der Waals surface area contributed by atoms with Gasteiger partial charge in [0.25, 0.3) is 5.88 Å². The third kappa shape index (κ3) is 3.58. The van der Waals surface area contributed by atoms with Crippen LogP contribution in [0.25, 0.3) is 5.52 Å². The molecule has 0 unspecified atom stereocenters. The van der Waals surface area contributed by atoms with Crippen molar-refractivity contribution < 1.29 is 19.7 Å². The lowest BCUT2D eigenvalue weighted by Crippen LogP contribution is -2.20. The first kappa shape index (κ1) is 17.6. The molecule has 0 bridgehead atoms. The molecule has 0 radical (unpaired) electrons. The summed E-state index contributed by atoms with van der Waals surface area (Å²) in [5.41, 5.74) is 7.95. The summed E-state index contributed by atoms with van der Waals surface area (Å²) in [4.78, 5) is 4.55. The number of hydrogen-bond donors (Lipinski definition) is 4. The van der Waals surface area contributed by atoms with Crippen LogP contribution in [0.15, 0.2) is 53.0 Å². The van der Waals surface area contributed by atoms with Crippen LogP contribution >= 0.6 is 0 Å². The molecule has 0 fully saturated rings. The fraction of sp³-hybridized carbons (Fsp3) is 0.235. The summed E-state index contributed by atoms with van der Waals surface area (Å²) in [6.45, 7) is -0.166. The minimum atomic E-state index is -0.163. The topological polar surface area (TPSA) is 138 Å². The molecule has 1 aliphatic rings. The normalized spacial score (nSPS) is 15.9. The zero-order chi connectivity index (χ0) is 18.5. The van der Waals surface area contributed by atoms with Gasteiger partial charge < -0.3 is 25.4 Å². The van der Waals surface area contributed by atoms with E-state index < -0.39 is 0 Å². The highest BCUT2D eigenvalue weighted by Crippen LogP contribution is 2.32. The molecule has 9 heteroatoms. The molecule has 0 spiro atoms. The third-order valence-electron chi connectivity index (χ3n) is 3.52. The van der Waals surface area contributed by atoms with E-state index in [0.717, 1.165) is 0 Å². The van der Waals surface area contributed by atoms with Crippen LogP contribution < -0.4 is 10.5 Å². The van der Waals surface area contributed by atoms with Gasteiger partial charge in [0.05, 0.1) is 35.9 Å². The molecule has 3 rings (SSSR count). The summed E-state index contributed by atoms with van der Waals surface area (Å²) in [5, 5.41) is 30.1. The number of fused-ring (bicyclic) bond motifs is 1. The Morgan fingerprint density at radius 2 is 1.92 bits per heavy atom. The van der Waals surface area contributed by atoms with E-state index in [1.807, 2.05) is 18.2 Å². The molecule has 0 saturated carbocycles. The molecule has 136 valence electrons. The molecule has 0 atom stereocenters. The molecule has 0 saturated heterocycles. The van der Waals surface area contributed by atoms with E-state index in [2.05, 4.69) is 10.1 Å². The fourth-order valence-corrected chi connectivity index (χ4v) is 2.39. The molecule has 5 N–H and O–H groups in total. The van der Waals surface area contributed by atoms with E-state index in [4.69, 9.17) is 30.8 Å². The SMILES string of the molecule is N=C1C=C(N)/C(=N/c2c(OCCO)nn3ccccc23)C=C1OCCO. The Morgan fingerprint density at radius 3 is 2.69 bits per heavy atom. The first-order valence-electron chi connectivity index (χ1n) is 7.95. The van der Waals surface area contributed by atoms with Crippen LogP contribution in [0.3, 0.4) is 0 Å². The molecule has 1 aliphatic carbocycles. The molecule has 9 nitrogen and oxygen atoms in total. The molecule has 0 aliphatic heterocycles. The molecule has 2 heterocycles. The van der Waals surface area contributed by atoms with Crippen molar-refractivity contribution in [2.45, 2.75) is 0 Å². The number of aliphatic hydroxyl groups excluding tert-OH is 2. The van der Waals surface area contributed by atoms with Crippen LogP contribution in [0.4, 0.5) is 5.69 Å². The van der Waals surface area contributed by atoms with Gasteiger partial charge in [-0.2, -0.15) is 0 Å². The minimum Gasteiger partial charge on any atom is -0.489 e. The van der Waals surface area contributed by atoms with Crippen molar-refractivity contribution in [3.05, 3.63) is 48.0 Å². The van der Waals surface area contributed by atoms with Crippen LogP contribution in [0.2, 0.25) is 0 Å². The zero-order valence-electron chi connectivity index (χ0n) is 13.9. The predicted molar refractivity (Wildman–Crippen MR) is 96.0 cm³/mol. The van der Waals surface area contributed by atoms with E-state index in [1.165, 1.54) is 12.2 Å². The van der Waals surface area contributed by atoms with Gasteiger partial charge in [-0.15, -0.1) is 5.10 Å². The first-order chi connectivity index (χ1) is 12.6. The summed E-state index contributed by atoms with van der Waals surface area (Å²) < 4.78 is 12.4. The molecule has 0 aromatic carbocycles. The maximum Gasteiger partial charge on any atom is 0.260 e. The van der Waals surface area contributed by atoms with Gasteiger partial charge in [0.15, 0.2) is 5.69 Å². The molecule has 2 aromatic heterocycles. The predicted octanol–water partition coefficient (Wildman–Crippen LogP) is 0.547. The van der Waals surface area contributed by atoms with Crippen molar-refractivity contribution in [3.8, 4) is 5.88 Å². The highest BCUT2D eigenvalue weighted by molar-refractivity contribution is 6.22. The quantitative estimate of drug-likeness (QED) is 0.534. The third-order valence-corrected chi connectivity index (χ3v) is 3.52. The Bertz CT molecular complexity index is 913. The maximum atomic E-state index is 9.01. The van der Waals surface area contributed by atoms with Gasteiger partial charge in [-0.3, -0.25) is 5.41 Å². The lowest BCUT2D eigenvalue weighted by atomic mass is 10.1. The Morgan fingerprint density at radius 1 is 1.15 bits per heavy atom. The van der Waals surface area contributed by atoms with Crippen LogP contribution in [0.1, 0.15) is 0 Å². The Balaban J connectivity index is 2.06. The summed E-state index contributed by atoms with van der Waals surface area (Å²) in [5.74, 6) is 0.527. The van der Waals surface area contributed by atoms with Crippen LogP contribution in [0.5, 0.6) is 5.88 Å². The fourth-order valence-electron chi connectivity index (χ4n) is 2.39. The average molecular weight is 357 g/mol. The number of aromatic nitrogens is 2. The molecular formula is C17H19N5O4. The zero-order valence-corrected chi connectivity index (χ0v) is 13.9. The van der Waals surface area contributed by atoms with Crippen molar-refractivity contribution >= 4 is 22.6 Å². The second kappa shape index (κ2) is 7.81. The lowest BCUT2D eigenvalue weighted by molar-refractivity contribution is 0.156. The van der Waals surface area contributed by atoms with Gasteiger partial charge in [0.2, 0.25) is 0 Å². The number of pyridine rings is 1. The first-order valence-corrected chi connectivity index (χ1v) is 7.95. The highest BCUT2D eigenvalue weighted by atomic mass is 16.5. The number of nitrogens with two attached hydrogens (primary N) is 1. The van der Waals surface area contributed by atoms with E-state index in [-0.39, 0.29) is 43.8 Å². The van der Waals surface area contributed by atoms with E-state index >= 15 is 0 Å². The Labute approximate surface area is 149 Å². The second-order valence-corrected chi connectivity index (χ2v) is 5.35. The Hall–Kier alpha value is -3.17. The standard InChI is InChI=1S/C17H19N5O4/c18-11-9-12(19)15(25-7-5-23)10-13(11)20-16-14-3-1-2-4-22(14)21-17(16)26-8-6-24/h1-4,9-10,19,23-24H,5-8,18H2/b19-12?,20-13+. The maximum absolute atomic E-state index is 9.01. The van der Waals surface area contributed by atoms with E-state index in [1.54, 1.807) is 10.7 Å². The van der Waals surface area contributed by atoms with Gasteiger partial charge in [-0.25, -0.2) is 9.51 Å². The number of aliphatic hydroxyl groups is 2. The van der Waals surface area contributed by atoms with Gasteiger partial charge >= 0.3 is 0 Å². The monoisotopic (exact) mass is 357 g/mol. The lowest BCUT2D eigenvalue weighted by Gasteiger charge is -2.15. The van der Waals surface area contributed by atoms with Crippen LogP contribution in [0, 0.1) is 5.41 Å².